The van der Waals surface area contributed by atoms with Crippen LogP contribution in [-0.4, -0.2) is 72.7 Å². The van der Waals surface area contributed by atoms with E-state index in [1.54, 1.807) is 63.3 Å². The standard InChI is InChI=1S/C34H33FN6O5S/c1-34(2,3)46-33(45)40-15-5-6-23(18-40)41(31(42)24-12-11-22(16-26(24)35)27-19-39(4)38-37-27)30-25-17-29(47-28(25)13-14-36-30)20-7-9-21(10-8-20)32(43)44/h7-14,16-17,19,23H,5-6,15,18H2,1-4H3,(H,43,44)/t23-/m1/s1. The number of carbonyl (C=O) groups excluding carboxylic acids is 2. The van der Waals surface area contributed by atoms with Gasteiger partial charge in [-0.3, -0.25) is 14.4 Å². The molecular formula is C34H33FN6O5S. The van der Waals surface area contributed by atoms with Crippen molar-refractivity contribution in [1.29, 1.82) is 0 Å². The van der Waals surface area contributed by atoms with Crippen molar-refractivity contribution in [2.45, 2.75) is 45.3 Å². The second kappa shape index (κ2) is 12.6. The van der Waals surface area contributed by atoms with E-state index in [-0.39, 0.29) is 17.7 Å². The molecule has 0 aliphatic carbocycles. The molecule has 0 saturated carbocycles. The molecule has 2 amide bonds. The number of nitrogens with zero attached hydrogens (tertiary/aromatic N) is 6. The number of fused-ring (bicyclic) bond motifs is 1. The number of carboxylic acid groups (broad SMARTS) is 1. The Hall–Kier alpha value is -5.17. The number of aromatic nitrogens is 4. The van der Waals surface area contributed by atoms with Gasteiger partial charge in [-0.1, -0.05) is 23.4 Å². The molecule has 242 valence electrons. The van der Waals surface area contributed by atoms with Gasteiger partial charge in [-0.15, -0.1) is 16.4 Å². The number of benzene rings is 2. The molecule has 1 fully saturated rings. The maximum Gasteiger partial charge on any atom is 0.410 e. The lowest BCUT2D eigenvalue weighted by Crippen LogP contribution is -2.53. The molecule has 11 nitrogen and oxygen atoms in total. The molecule has 0 bridgehead atoms. The summed E-state index contributed by atoms with van der Waals surface area (Å²) in [4.78, 5) is 47.5. The van der Waals surface area contributed by atoms with Crippen LogP contribution in [0.1, 0.15) is 54.3 Å². The molecule has 47 heavy (non-hydrogen) atoms. The third-order valence-corrected chi connectivity index (χ3v) is 8.95. The summed E-state index contributed by atoms with van der Waals surface area (Å²) in [6, 6.07) is 14.1. The molecule has 3 aromatic heterocycles. The Morgan fingerprint density at radius 2 is 1.81 bits per heavy atom. The number of thiophene rings is 1. The highest BCUT2D eigenvalue weighted by Gasteiger charge is 2.36. The number of ether oxygens (including phenoxy) is 1. The lowest BCUT2D eigenvalue weighted by atomic mass is 10.0. The van der Waals surface area contributed by atoms with Crippen LogP contribution in [0.4, 0.5) is 15.0 Å². The highest BCUT2D eigenvalue weighted by Crippen LogP contribution is 2.39. The summed E-state index contributed by atoms with van der Waals surface area (Å²) < 4.78 is 23.8. The first-order valence-corrected chi connectivity index (χ1v) is 15.9. The summed E-state index contributed by atoms with van der Waals surface area (Å²) in [5.41, 5.74) is 1.08. The molecule has 1 saturated heterocycles. The van der Waals surface area contributed by atoms with Crippen molar-refractivity contribution in [3.05, 3.63) is 83.9 Å². The number of likely N-dealkylation sites (tertiary alicyclic amines) is 1. The average molecular weight is 657 g/mol. The predicted molar refractivity (Wildman–Crippen MR) is 176 cm³/mol. The quantitative estimate of drug-likeness (QED) is 0.215. The fourth-order valence-electron chi connectivity index (χ4n) is 5.61. The van der Waals surface area contributed by atoms with Crippen molar-refractivity contribution in [2.75, 3.05) is 18.0 Å². The molecular weight excluding hydrogens is 623 g/mol. The first kappa shape index (κ1) is 31.8. The summed E-state index contributed by atoms with van der Waals surface area (Å²) in [5.74, 6) is -1.99. The number of aryl methyl sites for hydroxylation is 1. The van der Waals surface area contributed by atoms with Gasteiger partial charge in [0.1, 0.15) is 22.9 Å². The van der Waals surface area contributed by atoms with Crippen molar-refractivity contribution < 1.29 is 28.6 Å². The fourth-order valence-corrected chi connectivity index (χ4v) is 6.67. The zero-order valence-corrected chi connectivity index (χ0v) is 27.1. The highest BCUT2D eigenvalue weighted by atomic mass is 32.1. The second-order valence-electron chi connectivity index (χ2n) is 12.4. The van der Waals surface area contributed by atoms with E-state index >= 15 is 4.39 Å². The molecule has 0 spiro atoms. The molecule has 1 N–H and O–H groups in total. The van der Waals surface area contributed by atoms with E-state index < -0.39 is 35.4 Å². The van der Waals surface area contributed by atoms with E-state index in [0.29, 0.717) is 41.8 Å². The van der Waals surface area contributed by atoms with Crippen LogP contribution in [-0.2, 0) is 11.8 Å². The van der Waals surface area contributed by atoms with Gasteiger partial charge >= 0.3 is 12.1 Å². The summed E-state index contributed by atoms with van der Waals surface area (Å²) in [7, 11) is 1.71. The van der Waals surface area contributed by atoms with Gasteiger partial charge in [0.2, 0.25) is 0 Å². The monoisotopic (exact) mass is 656 g/mol. The van der Waals surface area contributed by atoms with Crippen molar-refractivity contribution in [3.63, 3.8) is 0 Å². The average Bonchev–Trinajstić information content (AvgIpc) is 3.67. The van der Waals surface area contributed by atoms with Gasteiger partial charge in [-0.2, -0.15) is 0 Å². The lowest BCUT2D eigenvalue weighted by Gasteiger charge is -2.39. The molecule has 0 radical (unpaired) electrons. The molecule has 13 heteroatoms. The Morgan fingerprint density at radius 3 is 2.47 bits per heavy atom. The van der Waals surface area contributed by atoms with Crippen LogP contribution in [0.2, 0.25) is 0 Å². The number of hydrogen-bond donors (Lipinski definition) is 1. The van der Waals surface area contributed by atoms with Gasteiger partial charge in [0.05, 0.1) is 23.4 Å². The topological polar surface area (TPSA) is 131 Å². The summed E-state index contributed by atoms with van der Waals surface area (Å²) >= 11 is 1.47. The Morgan fingerprint density at radius 1 is 1.06 bits per heavy atom. The molecule has 4 heterocycles. The van der Waals surface area contributed by atoms with E-state index in [1.165, 1.54) is 45.2 Å². The van der Waals surface area contributed by atoms with E-state index in [2.05, 4.69) is 15.3 Å². The number of halogens is 1. The third-order valence-electron chi connectivity index (χ3n) is 7.80. The summed E-state index contributed by atoms with van der Waals surface area (Å²) in [6.45, 7) is 6.02. The maximum absolute atomic E-state index is 15.8. The summed E-state index contributed by atoms with van der Waals surface area (Å²) in [5, 5.41) is 18.0. The molecule has 0 unspecified atom stereocenters. The number of rotatable bonds is 6. The van der Waals surface area contributed by atoms with Crippen molar-refractivity contribution in [1.82, 2.24) is 24.9 Å². The Labute approximate surface area is 274 Å². The molecule has 1 atom stereocenters. The van der Waals surface area contributed by atoms with Crippen LogP contribution in [0, 0.1) is 5.82 Å². The minimum absolute atomic E-state index is 0.148. The first-order chi connectivity index (χ1) is 22.4. The fraction of sp³-hybridized carbons (Fsp3) is 0.294. The minimum Gasteiger partial charge on any atom is -0.478 e. The minimum atomic E-state index is -1.02. The van der Waals surface area contributed by atoms with E-state index in [1.807, 2.05) is 12.1 Å². The molecule has 2 aromatic carbocycles. The lowest BCUT2D eigenvalue weighted by molar-refractivity contribution is 0.0195. The molecule has 1 aliphatic rings. The normalized spacial score (nSPS) is 15.1. The van der Waals surface area contributed by atoms with Crippen LogP contribution in [0.3, 0.4) is 0 Å². The zero-order chi connectivity index (χ0) is 33.5. The van der Waals surface area contributed by atoms with Crippen LogP contribution in [0.15, 0.2) is 67.0 Å². The van der Waals surface area contributed by atoms with E-state index in [4.69, 9.17) is 4.74 Å². The number of pyridine rings is 1. The van der Waals surface area contributed by atoms with Gasteiger partial charge in [0, 0.05) is 46.9 Å². The van der Waals surface area contributed by atoms with Crippen molar-refractivity contribution in [2.24, 2.45) is 7.05 Å². The van der Waals surface area contributed by atoms with E-state index in [0.717, 1.165) is 15.1 Å². The number of aromatic carboxylic acids is 1. The number of amides is 2. The number of hydrogen-bond acceptors (Lipinski definition) is 8. The van der Waals surface area contributed by atoms with Crippen LogP contribution < -0.4 is 4.90 Å². The maximum atomic E-state index is 15.8. The third kappa shape index (κ3) is 6.70. The number of carbonyl (C=O) groups is 3. The molecule has 6 rings (SSSR count). The van der Waals surface area contributed by atoms with Gasteiger partial charge in [0.25, 0.3) is 5.91 Å². The zero-order valence-electron chi connectivity index (χ0n) is 26.3. The van der Waals surface area contributed by atoms with E-state index in [9.17, 15) is 19.5 Å². The molecule has 1 aliphatic heterocycles. The Bertz CT molecular complexity index is 1980. The van der Waals surface area contributed by atoms with Crippen LogP contribution in [0.5, 0.6) is 0 Å². The SMILES string of the molecule is Cn1cc(-c2ccc(C(=O)N(c3nccc4sc(-c5ccc(C(=O)O)cc5)cc34)[C@@H]3CCCN(C(=O)OC(C)(C)C)C3)c(F)c2)nn1. The number of piperidine rings is 1. The summed E-state index contributed by atoms with van der Waals surface area (Å²) in [6.07, 6.45) is 3.93. The Kier molecular flexibility index (Phi) is 8.49. The Balaban J connectivity index is 1.42. The van der Waals surface area contributed by atoms with Gasteiger partial charge in [-0.05, 0) is 75.6 Å². The highest BCUT2D eigenvalue weighted by molar-refractivity contribution is 7.22. The smallest absolute Gasteiger partial charge is 0.410 e. The van der Waals surface area contributed by atoms with Crippen molar-refractivity contribution >= 4 is 45.2 Å². The predicted octanol–water partition coefficient (Wildman–Crippen LogP) is 6.64. The van der Waals surface area contributed by atoms with Gasteiger partial charge < -0.3 is 14.7 Å². The first-order valence-electron chi connectivity index (χ1n) is 15.1. The van der Waals surface area contributed by atoms with Gasteiger partial charge in [-0.25, -0.2) is 19.0 Å². The van der Waals surface area contributed by atoms with Crippen LogP contribution in [0.25, 0.3) is 31.8 Å². The molecule has 5 aromatic rings. The number of carboxylic acids is 1. The second-order valence-corrected chi connectivity index (χ2v) is 13.5. The van der Waals surface area contributed by atoms with Crippen LogP contribution >= 0.6 is 11.3 Å². The number of anilines is 1. The largest absolute Gasteiger partial charge is 0.478 e. The van der Waals surface area contributed by atoms with Crippen molar-refractivity contribution in [3.8, 4) is 21.7 Å². The van der Waals surface area contributed by atoms with Gasteiger partial charge in [0.15, 0.2) is 0 Å².